The molecule has 17 heavy (non-hydrogen) atoms. The van der Waals surface area contributed by atoms with Crippen LogP contribution >= 0.6 is 0 Å². The number of hydrogen-bond acceptors (Lipinski definition) is 4. The van der Waals surface area contributed by atoms with E-state index in [9.17, 15) is 4.79 Å². The van der Waals surface area contributed by atoms with Crippen LogP contribution in [0.1, 0.15) is 19.4 Å². The van der Waals surface area contributed by atoms with E-state index in [1.165, 1.54) is 6.92 Å². The first kappa shape index (κ1) is 13.4. The Bertz CT molecular complexity index is 387. The Balaban J connectivity index is 2.75. The summed E-state index contributed by atoms with van der Waals surface area (Å²) in [7, 11) is 3.19. The Morgan fingerprint density at radius 3 is 2.41 bits per heavy atom. The van der Waals surface area contributed by atoms with Crippen molar-refractivity contribution in [1.82, 2.24) is 0 Å². The molecule has 94 valence electrons. The van der Waals surface area contributed by atoms with Gasteiger partial charge in [0.1, 0.15) is 6.10 Å². The van der Waals surface area contributed by atoms with E-state index in [0.29, 0.717) is 17.9 Å². The molecule has 1 atom stereocenters. The third kappa shape index (κ3) is 3.98. The zero-order valence-electron chi connectivity index (χ0n) is 10.6. The molecule has 0 spiro atoms. The minimum Gasteiger partial charge on any atom is -0.493 e. The first-order valence-corrected chi connectivity index (χ1v) is 5.45. The van der Waals surface area contributed by atoms with Crippen molar-refractivity contribution < 1.29 is 19.0 Å². The summed E-state index contributed by atoms with van der Waals surface area (Å²) in [5.74, 6) is 1.11. The second-order valence-corrected chi connectivity index (χ2v) is 3.81. The van der Waals surface area contributed by atoms with Gasteiger partial charge in [0.25, 0.3) is 0 Å². The molecule has 0 saturated carbocycles. The van der Waals surface area contributed by atoms with Crippen LogP contribution in [0.4, 0.5) is 0 Å². The van der Waals surface area contributed by atoms with Crippen LogP contribution in [-0.2, 0) is 16.0 Å². The summed E-state index contributed by atoms with van der Waals surface area (Å²) >= 11 is 0. The highest BCUT2D eigenvalue weighted by molar-refractivity contribution is 5.66. The van der Waals surface area contributed by atoms with Gasteiger partial charge in [-0.1, -0.05) is 6.07 Å². The van der Waals surface area contributed by atoms with E-state index in [4.69, 9.17) is 14.2 Å². The maximum Gasteiger partial charge on any atom is 0.302 e. The molecule has 0 fully saturated rings. The largest absolute Gasteiger partial charge is 0.493 e. The van der Waals surface area contributed by atoms with Gasteiger partial charge in [0.2, 0.25) is 0 Å². The minimum atomic E-state index is -0.266. The highest BCUT2D eigenvalue weighted by Gasteiger charge is 2.09. The molecule has 0 bridgehead atoms. The van der Waals surface area contributed by atoms with Crippen molar-refractivity contribution >= 4 is 5.97 Å². The van der Waals surface area contributed by atoms with Crippen LogP contribution in [0, 0.1) is 0 Å². The topological polar surface area (TPSA) is 44.8 Å². The maximum atomic E-state index is 10.8. The van der Waals surface area contributed by atoms with Crippen LogP contribution in [0.3, 0.4) is 0 Å². The van der Waals surface area contributed by atoms with E-state index in [1.54, 1.807) is 14.2 Å². The van der Waals surface area contributed by atoms with Gasteiger partial charge in [-0.15, -0.1) is 0 Å². The summed E-state index contributed by atoms with van der Waals surface area (Å²) < 4.78 is 15.4. The van der Waals surface area contributed by atoms with E-state index in [0.717, 1.165) is 5.56 Å². The second kappa shape index (κ2) is 6.13. The van der Waals surface area contributed by atoms with E-state index < -0.39 is 0 Å². The van der Waals surface area contributed by atoms with E-state index >= 15 is 0 Å². The number of ether oxygens (including phenoxy) is 3. The van der Waals surface area contributed by atoms with Crippen LogP contribution in [-0.4, -0.2) is 26.3 Å². The number of benzene rings is 1. The van der Waals surface area contributed by atoms with Gasteiger partial charge in [-0.2, -0.15) is 0 Å². The fourth-order valence-corrected chi connectivity index (χ4v) is 1.66. The normalized spacial score (nSPS) is 11.8. The molecular formula is C13H18O4. The predicted molar refractivity (Wildman–Crippen MR) is 64.5 cm³/mol. The van der Waals surface area contributed by atoms with Gasteiger partial charge in [0.15, 0.2) is 11.5 Å². The zero-order valence-corrected chi connectivity index (χ0v) is 10.6. The van der Waals surface area contributed by atoms with Crippen LogP contribution < -0.4 is 9.47 Å². The lowest BCUT2D eigenvalue weighted by atomic mass is 10.1. The summed E-state index contributed by atoms with van der Waals surface area (Å²) in [6.45, 7) is 3.27. The lowest BCUT2D eigenvalue weighted by Crippen LogP contribution is -2.14. The molecule has 0 aromatic heterocycles. The highest BCUT2D eigenvalue weighted by Crippen LogP contribution is 2.28. The Labute approximate surface area is 101 Å². The average molecular weight is 238 g/mol. The molecule has 0 saturated heterocycles. The number of methoxy groups -OCH3 is 2. The zero-order chi connectivity index (χ0) is 12.8. The molecule has 1 rings (SSSR count). The maximum absolute atomic E-state index is 10.8. The van der Waals surface area contributed by atoms with Crippen molar-refractivity contribution in [2.75, 3.05) is 14.2 Å². The molecular weight excluding hydrogens is 220 g/mol. The molecule has 4 nitrogen and oxygen atoms in total. The van der Waals surface area contributed by atoms with Crippen molar-refractivity contribution in [3.8, 4) is 11.5 Å². The number of carbonyl (C=O) groups excluding carboxylic acids is 1. The van der Waals surface area contributed by atoms with Crippen molar-refractivity contribution in [2.24, 2.45) is 0 Å². The molecule has 0 N–H and O–H groups in total. The van der Waals surface area contributed by atoms with Gasteiger partial charge >= 0.3 is 5.97 Å². The molecule has 0 aliphatic rings. The smallest absolute Gasteiger partial charge is 0.302 e. The summed E-state index contributed by atoms with van der Waals surface area (Å²) in [5.41, 5.74) is 1.04. The van der Waals surface area contributed by atoms with E-state index in [2.05, 4.69) is 0 Å². The minimum absolute atomic E-state index is 0.148. The molecule has 0 heterocycles. The Morgan fingerprint density at radius 2 is 1.88 bits per heavy atom. The lowest BCUT2D eigenvalue weighted by Gasteiger charge is -2.13. The molecule has 1 aromatic rings. The first-order valence-electron chi connectivity index (χ1n) is 5.45. The summed E-state index contributed by atoms with van der Waals surface area (Å²) in [4.78, 5) is 10.8. The summed E-state index contributed by atoms with van der Waals surface area (Å²) in [6.07, 6.45) is 0.505. The number of carbonyl (C=O) groups is 1. The molecule has 0 radical (unpaired) electrons. The molecule has 4 heteroatoms. The molecule has 0 aliphatic carbocycles. The molecule has 1 aromatic carbocycles. The third-order valence-electron chi connectivity index (χ3n) is 2.34. The quantitative estimate of drug-likeness (QED) is 0.738. The number of rotatable bonds is 5. The molecule has 0 amide bonds. The molecule has 0 aliphatic heterocycles. The Hall–Kier alpha value is -1.71. The van der Waals surface area contributed by atoms with Crippen molar-refractivity contribution in [3.63, 3.8) is 0 Å². The fourth-order valence-electron chi connectivity index (χ4n) is 1.66. The Morgan fingerprint density at radius 1 is 1.24 bits per heavy atom. The van der Waals surface area contributed by atoms with E-state index in [1.807, 2.05) is 25.1 Å². The lowest BCUT2D eigenvalue weighted by molar-refractivity contribution is -0.145. The first-order chi connectivity index (χ1) is 8.06. The standard InChI is InChI=1S/C13H18O4/c1-9(17-10(2)14)7-11-5-6-12(15-3)13(8-11)16-4/h5-6,8-9H,7H2,1-4H3/t9-/m1/s1. The third-order valence-corrected chi connectivity index (χ3v) is 2.34. The van der Waals surface area contributed by atoms with Crippen molar-refractivity contribution in [1.29, 1.82) is 0 Å². The number of hydrogen-bond donors (Lipinski definition) is 0. The number of esters is 1. The van der Waals surface area contributed by atoms with Gasteiger partial charge < -0.3 is 14.2 Å². The van der Waals surface area contributed by atoms with Crippen LogP contribution in [0.15, 0.2) is 18.2 Å². The van der Waals surface area contributed by atoms with Gasteiger partial charge in [-0.25, -0.2) is 0 Å². The molecule has 0 unspecified atom stereocenters. The monoisotopic (exact) mass is 238 g/mol. The van der Waals surface area contributed by atoms with Crippen LogP contribution in [0.5, 0.6) is 11.5 Å². The van der Waals surface area contributed by atoms with Crippen LogP contribution in [0.2, 0.25) is 0 Å². The van der Waals surface area contributed by atoms with Gasteiger partial charge in [0, 0.05) is 13.3 Å². The van der Waals surface area contributed by atoms with Crippen molar-refractivity contribution in [2.45, 2.75) is 26.4 Å². The average Bonchev–Trinajstić information content (AvgIpc) is 2.27. The summed E-state index contributed by atoms with van der Waals surface area (Å²) in [5, 5.41) is 0. The predicted octanol–water partition coefficient (Wildman–Crippen LogP) is 2.20. The van der Waals surface area contributed by atoms with Gasteiger partial charge in [0.05, 0.1) is 14.2 Å². The second-order valence-electron chi connectivity index (χ2n) is 3.81. The van der Waals surface area contributed by atoms with Crippen LogP contribution in [0.25, 0.3) is 0 Å². The van der Waals surface area contributed by atoms with Gasteiger partial charge in [-0.3, -0.25) is 4.79 Å². The van der Waals surface area contributed by atoms with Gasteiger partial charge in [-0.05, 0) is 24.6 Å². The summed E-state index contributed by atoms with van der Waals surface area (Å²) in [6, 6.07) is 5.66. The fraction of sp³-hybridized carbons (Fsp3) is 0.462. The highest BCUT2D eigenvalue weighted by atomic mass is 16.5. The van der Waals surface area contributed by atoms with E-state index in [-0.39, 0.29) is 12.1 Å². The SMILES string of the molecule is COc1ccc(C[C@@H](C)OC(C)=O)cc1OC. The van der Waals surface area contributed by atoms with Crippen molar-refractivity contribution in [3.05, 3.63) is 23.8 Å². The Kier molecular flexibility index (Phi) is 4.82.